The first-order valence-electron chi connectivity index (χ1n) is 10.3. The van der Waals surface area contributed by atoms with Gasteiger partial charge in [0.05, 0.1) is 11.4 Å². The Labute approximate surface area is 210 Å². The summed E-state index contributed by atoms with van der Waals surface area (Å²) in [7, 11) is 0. The van der Waals surface area contributed by atoms with E-state index >= 15 is 0 Å². The summed E-state index contributed by atoms with van der Waals surface area (Å²) in [6, 6.07) is 18.1. The van der Waals surface area contributed by atoms with Crippen LogP contribution in [-0.4, -0.2) is 22.8 Å². The fraction of sp³-hybridized carbons (Fsp3) is 0.120. The average molecular weight is 514 g/mol. The van der Waals surface area contributed by atoms with Gasteiger partial charge in [0.1, 0.15) is 12.4 Å². The minimum absolute atomic E-state index is 0.0401. The standard InChI is InChI=1S/C25H17Cl2NO5S/c26-19-7-2-1-5-16(19)13-31-18-6-3-4-15(8-18)9-23-24(29)28(25(30)34-23)12-17-10-21-22(11-20(17)27)33-14-32-21/h1-11H,12-14H2/b23-9+. The number of amides is 2. The molecule has 2 heterocycles. The van der Waals surface area contributed by atoms with Crippen LogP contribution in [0.2, 0.25) is 10.0 Å². The lowest BCUT2D eigenvalue weighted by Crippen LogP contribution is -2.27. The monoisotopic (exact) mass is 513 g/mol. The summed E-state index contributed by atoms with van der Waals surface area (Å²) < 4.78 is 16.5. The molecule has 6 nitrogen and oxygen atoms in total. The third kappa shape index (κ3) is 4.73. The van der Waals surface area contributed by atoms with E-state index in [4.69, 9.17) is 37.4 Å². The molecule has 0 spiro atoms. The average Bonchev–Trinajstić information content (AvgIpc) is 3.38. The summed E-state index contributed by atoms with van der Waals surface area (Å²) in [6.45, 7) is 0.467. The van der Waals surface area contributed by atoms with Crippen LogP contribution in [0, 0.1) is 0 Å². The fourth-order valence-electron chi connectivity index (χ4n) is 3.51. The molecule has 1 fully saturated rings. The molecule has 172 valence electrons. The van der Waals surface area contributed by atoms with Gasteiger partial charge in [-0.2, -0.15) is 0 Å². The van der Waals surface area contributed by atoms with Gasteiger partial charge in [-0.15, -0.1) is 0 Å². The predicted octanol–water partition coefficient (Wildman–Crippen LogP) is 6.54. The summed E-state index contributed by atoms with van der Waals surface area (Å²) >= 11 is 13.4. The van der Waals surface area contributed by atoms with Crippen LogP contribution in [0.25, 0.3) is 6.08 Å². The number of carbonyl (C=O) groups is 2. The first-order valence-corrected chi connectivity index (χ1v) is 11.8. The molecule has 0 atom stereocenters. The Balaban J connectivity index is 1.30. The molecule has 0 radical (unpaired) electrons. The molecule has 3 aromatic carbocycles. The SMILES string of the molecule is O=C1S/C(=C/c2cccc(OCc3ccccc3Cl)c2)C(=O)N1Cc1cc2c(cc1Cl)OCO2. The van der Waals surface area contributed by atoms with Gasteiger partial charge in [-0.25, -0.2) is 0 Å². The first kappa shape index (κ1) is 22.7. The summed E-state index contributed by atoms with van der Waals surface area (Å²) in [4.78, 5) is 27.0. The molecule has 5 rings (SSSR count). The van der Waals surface area contributed by atoms with Crippen LogP contribution >= 0.6 is 35.0 Å². The Morgan fingerprint density at radius 3 is 2.56 bits per heavy atom. The molecule has 3 aromatic rings. The highest BCUT2D eigenvalue weighted by molar-refractivity contribution is 8.18. The Hall–Kier alpha value is -3.13. The number of thioether (sulfide) groups is 1. The Morgan fingerprint density at radius 1 is 0.941 bits per heavy atom. The van der Waals surface area contributed by atoms with E-state index in [9.17, 15) is 9.59 Å². The molecule has 9 heteroatoms. The molecule has 1 saturated heterocycles. The van der Waals surface area contributed by atoms with Crippen molar-refractivity contribution in [2.45, 2.75) is 13.2 Å². The van der Waals surface area contributed by atoms with Crippen LogP contribution in [0.15, 0.2) is 65.6 Å². The zero-order valence-electron chi connectivity index (χ0n) is 17.6. The van der Waals surface area contributed by atoms with Gasteiger partial charge >= 0.3 is 0 Å². The molecule has 2 amide bonds. The molecule has 0 saturated carbocycles. The van der Waals surface area contributed by atoms with E-state index in [0.29, 0.717) is 44.4 Å². The van der Waals surface area contributed by atoms with Gasteiger partial charge in [0.2, 0.25) is 6.79 Å². The van der Waals surface area contributed by atoms with Crippen LogP contribution < -0.4 is 14.2 Å². The van der Waals surface area contributed by atoms with Crippen molar-refractivity contribution in [1.29, 1.82) is 0 Å². The molecular formula is C25H17Cl2NO5S. The third-order valence-electron chi connectivity index (χ3n) is 5.25. The number of ether oxygens (including phenoxy) is 3. The lowest BCUT2D eigenvalue weighted by Gasteiger charge is -2.14. The lowest BCUT2D eigenvalue weighted by atomic mass is 10.1. The largest absolute Gasteiger partial charge is 0.489 e. The van der Waals surface area contributed by atoms with E-state index < -0.39 is 0 Å². The second-order valence-electron chi connectivity index (χ2n) is 7.52. The highest BCUT2D eigenvalue weighted by Gasteiger charge is 2.35. The quantitative estimate of drug-likeness (QED) is 0.348. The minimum Gasteiger partial charge on any atom is -0.489 e. The highest BCUT2D eigenvalue weighted by Crippen LogP contribution is 2.39. The highest BCUT2D eigenvalue weighted by atomic mass is 35.5. The van der Waals surface area contributed by atoms with E-state index in [0.717, 1.165) is 27.8 Å². The van der Waals surface area contributed by atoms with Gasteiger partial charge in [-0.05, 0) is 53.2 Å². The van der Waals surface area contributed by atoms with Crippen LogP contribution in [-0.2, 0) is 17.9 Å². The predicted molar refractivity (Wildman–Crippen MR) is 131 cm³/mol. The van der Waals surface area contributed by atoms with Crippen molar-refractivity contribution < 1.29 is 23.8 Å². The molecule has 0 bridgehead atoms. The van der Waals surface area contributed by atoms with Gasteiger partial charge in [0, 0.05) is 21.7 Å². The second-order valence-corrected chi connectivity index (χ2v) is 9.32. The van der Waals surface area contributed by atoms with Crippen molar-refractivity contribution in [3.05, 3.63) is 92.3 Å². The summed E-state index contributed by atoms with van der Waals surface area (Å²) in [5.74, 6) is 1.32. The van der Waals surface area contributed by atoms with Crippen molar-refractivity contribution in [3.63, 3.8) is 0 Å². The van der Waals surface area contributed by atoms with Gasteiger partial charge in [0.25, 0.3) is 11.1 Å². The number of fused-ring (bicyclic) bond motifs is 1. The maximum Gasteiger partial charge on any atom is 0.293 e. The summed E-state index contributed by atoms with van der Waals surface area (Å²) in [5.41, 5.74) is 2.21. The first-order chi connectivity index (χ1) is 16.5. The van der Waals surface area contributed by atoms with E-state index in [-0.39, 0.29) is 24.5 Å². The van der Waals surface area contributed by atoms with Crippen molar-refractivity contribution in [2.24, 2.45) is 0 Å². The Kier molecular flexibility index (Phi) is 6.41. The summed E-state index contributed by atoms with van der Waals surface area (Å²) in [5, 5.41) is 0.668. The number of benzene rings is 3. The van der Waals surface area contributed by atoms with Crippen molar-refractivity contribution in [3.8, 4) is 17.2 Å². The molecule has 2 aliphatic rings. The number of imide groups is 1. The van der Waals surface area contributed by atoms with Crippen molar-refractivity contribution in [2.75, 3.05) is 6.79 Å². The van der Waals surface area contributed by atoms with Crippen LogP contribution in [0.3, 0.4) is 0 Å². The van der Waals surface area contributed by atoms with Crippen LogP contribution in [0.5, 0.6) is 17.2 Å². The maximum atomic E-state index is 13.0. The number of nitrogens with zero attached hydrogens (tertiary/aromatic N) is 1. The van der Waals surface area contributed by atoms with Crippen LogP contribution in [0.4, 0.5) is 4.79 Å². The Bertz CT molecular complexity index is 1330. The van der Waals surface area contributed by atoms with Crippen molar-refractivity contribution in [1.82, 2.24) is 4.90 Å². The molecule has 0 aromatic heterocycles. The van der Waals surface area contributed by atoms with E-state index in [2.05, 4.69) is 0 Å². The lowest BCUT2D eigenvalue weighted by molar-refractivity contribution is -0.123. The zero-order chi connectivity index (χ0) is 23.7. The fourth-order valence-corrected chi connectivity index (χ4v) is 4.75. The molecule has 0 unspecified atom stereocenters. The van der Waals surface area contributed by atoms with Gasteiger partial charge < -0.3 is 14.2 Å². The van der Waals surface area contributed by atoms with Gasteiger partial charge in [0.15, 0.2) is 11.5 Å². The third-order valence-corrected chi connectivity index (χ3v) is 6.88. The summed E-state index contributed by atoms with van der Waals surface area (Å²) in [6.07, 6.45) is 1.68. The molecular weight excluding hydrogens is 497 g/mol. The minimum atomic E-state index is -0.383. The molecule has 0 aliphatic carbocycles. The number of carbonyl (C=O) groups excluding carboxylic acids is 2. The molecule has 0 N–H and O–H groups in total. The second kappa shape index (κ2) is 9.62. The Morgan fingerprint density at radius 2 is 1.74 bits per heavy atom. The smallest absolute Gasteiger partial charge is 0.293 e. The number of rotatable bonds is 6. The molecule has 2 aliphatic heterocycles. The van der Waals surface area contributed by atoms with Crippen molar-refractivity contribution >= 4 is 52.2 Å². The molecule has 34 heavy (non-hydrogen) atoms. The van der Waals surface area contributed by atoms with E-state index in [1.807, 2.05) is 42.5 Å². The number of hydrogen-bond acceptors (Lipinski definition) is 6. The topological polar surface area (TPSA) is 65.1 Å². The zero-order valence-corrected chi connectivity index (χ0v) is 20.0. The number of halogens is 2. The van der Waals surface area contributed by atoms with Gasteiger partial charge in [-0.3, -0.25) is 14.5 Å². The van der Waals surface area contributed by atoms with E-state index in [1.165, 1.54) is 0 Å². The van der Waals surface area contributed by atoms with E-state index in [1.54, 1.807) is 24.3 Å². The normalized spacial score (nSPS) is 15.9. The van der Waals surface area contributed by atoms with Gasteiger partial charge in [-0.1, -0.05) is 53.5 Å². The van der Waals surface area contributed by atoms with Crippen LogP contribution in [0.1, 0.15) is 16.7 Å². The maximum absolute atomic E-state index is 13.0. The number of hydrogen-bond donors (Lipinski definition) is 0.